The van der Waals surface area contributed by atoms with E-state index < -0.39 is 6.10 Å². The Morgan fingerprint density at radius 2 is 2.04 bits per heavy atom. The van der Waals surface area contributed by atoms with Gasteiger partial charge >= 0.3 is 0 Å². The van der Waals surface area contributed by atoms with Gasteiger partial charge in [-0.05, 0) is 5.56 Å². The zero-order chi connectivity index (χ0) is 16.2. The summed E-state index contributed by atoms with van der Waals surface area (Å²) in [6, 6.07) is 9.59. The molecule has 128 valence electrons. The van der Waals surface area contributed by atoms with E-state index in [9.17, 15) is 9.90 Å². The molecule has 0 radical (unpaired) electrons. The van der Waals surface area contributed by atoms with E-state index in [0.29, 0.717) is 24.0 Å². The van der Waals surface area contributed by atoms with Gasteiger partial charge in [-0.3, -0.25) is 9.78 Å². The lowest BCUT2D eigenvalue weighted by Crippen LogP contribution is -3.00. The topological polar surface area (TPSA) is 124 Å². The third-order valence-corrected chi connectivity index (χ3v) is 3.83. The lowest BCUT2D eigenvalue weighted by atomic mass is 10.1. The molecular formula is C16H20ClN5O2. The number of halogens is 1. The van der Waals surface area contributed by atoms with Gasteiger partial charge in [-0.1, -0.05) is 30.3 Å². The second-order valence-corrected chi connectivity index (χ2v) is 5.49. The van der Waals surface area contributed by atoms with Crippen LogP contribution in [0.2, 0.25) is 0 Å². The van der Waals surface area contributed by atoms with Crippen LogP contribution in [0.4, 0.5) is 5.95 Å². The number of nitrogens with zero attached hydrogens (tertiary/aromatic N) is 1. The minimum Gasteiger partial charge on any atom is -1.00 e. The van der Waals surface area contributed by atoms with Crippen molar-refractivity contribution in [2.45, 2.75) is 19.1 Å². The molecule has 24 heavy (non-hydrogen) atoms. The second kappa shape index (κ2) is 7.96. The first-order valence-electron chi connectivity index (χ1n) is 7.55. The van der Waals surface area contributed by atoms with Crippen molar-refractivity contribution in [3.05, 3.63) is 58.0 Å². The number of hydrogen-bond acceptors (Lipinski definition) is 4. The highest BCUT2D eigenvalue weighted by Crippen LogP contribution is 2.14. The molecule has 0 amide bonds. The summed E-state index contributed by atoms with van der Waals surface area (Å²) in [4.78, 5) is 21.5. The van der Waals surface area contributed by atoms with Gasteiger partial charge in [0.05, 0.1) is 18.0 Å². The zero-order valence-electron chi connectivity index (χ0n) is 13.0. The Morgan fingerprint density at radius 1 is 1.29 bits per heavy atom. The molecular weight excluding hydrogens is 330 g/mol. The average molecular weight is 350 g/mol. The monoisotopic (exact) mass is 349 g/mol. The number of aliphatic hydroxyl groups excluding tert-OH is 1. The molecule has 8 heteroatoms. The number of nitrogens with one attached hydrogen (secondary N) is 2. The minimum absolute atomic E-state index is 0. The van der Waals surface area contributed by atoms with E-state index in [0.717, 1.165) is 17.7 Å². The number of anilines is 1. The fourth-order valence-electron chi connectivity index (χ4n) is 2.66. The van der Waals surface area contributed by atoms with Crippen molar-refractivity contribution >= 4 is 17.0 Å². The predicted octanol–water partition coefficient (Wildman–Crippen LogP) is -2.98. The third-order valence-electron chi connectivity index (χ3n) is 3.83. The SMILES string of the molecule is Nc1nc2[nH]cc(C[NH2+]CC[C@H](O)c3ccccc3)c2c(=O)[nH]1.[Cl-]. The number of aromatic amines is 2. The average Bonchev–Trinajstić information content (AvgIpc) is 2.95. The van der Waals surface area contributed by atoms with Crippen LogP contribution < -0.4 is 29.0 Å². The van der Waals surface area contributed by atoms with E-state index in [4.69, 9.17) is 5.73 Å². The van der Waals surface area contributed by atoms with Crippen LogP contribution in [0.15, 0.2) is 41.3 Å². The molecule has 2 heterocycles. The highest BCUT2D eigenvalue weighted by atomic mass is 35.5. The Kier molecular flexibility index (Phi) is 5.97. The molecule has 0 bridgehead atoms. The number of quaternary nitrogens is 1. The highest BCUT2D eigenvalue weighted by molar-refractivity contribution is 5.79. The number of fused-ring (bicyclic) bond motifs is 1. The van der Waals surface area contributed by atoms with E-state index in [2.05, 4.69) is 20.3 Å². The molecule has 0 saturated heterocycles. The molecule has 0 spiro atoms. The number of nitrogen functional groups attached to an aromatic ring is 1. The van der Waals surface area contributed by atoms with Gasteiger partial charge < -0.3 is 33.5 Å². The number of nitrogens with two attached hydrogens (primary N) is 2. The Hall–Kier alpha value is -2.35. The van der Waals surface area contributed by atoms with Gasteiger partial charge in [0.1, 0.15) is 12.2 Å². The fourth-order valence-corrected chi connectivity index (χ4v) is 2.66. The van der Waals surface area contributed by atoms with Gasteiger partial charge in [-0.25, -0.2) is 0 Å². The normalized spacial score (nSPS) is 12.0. The Labute approximate surface area is 144 Å². The zero-order valence-corrected chi connectivity index (χ0v) is 13.8. The number of H-pyrrole nitrogens is 2. The van der Waals surface area contributed by atoms with Crippen molar-refractivity contribution in [3.8, 4) is 0 Å². The molecule has 0 saturated carbocycles. The van der Waals surface area contributed by atoms with Crippen LogP contribution in [0.25, 0.3) is 11.0 Å². The van der Waals surface area contributed by atoms with Crippen molar-refractivity contribution in [1.82, 2.24) is 15.0 Å². The summed E-state index contributed by atoms with van der Waals surface area (Å²) in [6.07, 6.45) is 1.95. The van der Waals surface area contributed by atoms with Gasteiger partial charge in [0.15, 0.2) is 0 Å². The first-order chi connectivity index (χ1) is 11.1. The summed E-state index contributed by atoms with van der Waals surface area (Å²) in [7, 11) is 0. The Morgan fingerprint density at radius 3 is 2.79 bits per heavy atom. The molecule has 1 atom stereocenters. The highest BCUT2D eigenvalue weighted by Gasteiger charge is 2.12. The number of hydrogen-bond donors (Lipinski definition) is 5. The molecule has 2 aromatic heterocycles. The van der Waals surface area contributed by atoms with Crippen LogP contribution in [-0.4, -0.2) is 26.6 Å². The molecule has 0 aliphatic rings. The minimum atomic E-state index is -0.472. The summed E-state index contributed by atoms with van der Waals surface area (Å²) in [5.41, 5.74) is 7.58. The Balaban J connectivity index is 0.00000208. The van der Waals surface area contributed by atoms with Crippen LogP contribution in [0.3, 0.4) is 0 Å². The molecule has 7 nitrogen and oxygen atoms in total. The largest absolute Gasteiger partial charge is 1.00 e. The quantitative estimate of drug-likeness (QED) is 0.305. The smallest absolute Gasteiger partial charge is 0.262 e. The molecule has 7 N–H and O–H groups in total. The number of aliphatic hydroxyl groups is 1. The van der Waals surface area contributed by atoms with Crippen molar-refractivity contribution in [1.29, 1.82) is 0 Å². The van der Waals surface area contributed by atoms with Gasteiger partial charge in [-0.2, -0.15) is 4.98 Å². The van der Waals surface area contributed by atoms with Crippen molar-refractivity contribution in [2.24, 2.45) is 0 Å². The van der Waals surface area contributed by atoms with Gasteiger partial charge in [0.25, 0.3) is 5.56 Å². The van der Waals surface area contributed by atoms with E-state index in [1.165, 1.54) is 0 Å². The number of aromatic nitrogens is 3. The molecule has 0 aliphatic carbocycles. The molecule has 3 aromatic rings. The maximum Gasteiger partial charge on any atom is 0.262 e. The maximum atomic E-state index is 12.0. The summed E-state index contributed by atoms with van der Waals surface area (Å²) in [5, 5.41) is 12.7. The first-order valence-corrected chi connectivity index (χ1v) is 7.55. The second-order valence-electron chi connectivity index (χ2n) is 5.49. The third kappa shape index (κ3) is 3.94. The van der Waals surface area contributed by atoms with Gasteiger partial charge in [-0.15, -0.1) is 0 Å². The van der Waals surface area contributed by atoms with Crippen LogP contribution in [-0.2, 0) is 6.54 Å². The lowest BCUT2D eigenvalue weighted by Gasteiger charge is -2.09. The van der Waals surface area contributed by atoms with E-state index >= 15 is 0 Å². The van der Waals surface area contributed by atoms with Crippen LogP contribution >= 0.6 is 0 Å². The van der Waals surface area contributed by atoms with Gasteiger partial charge in [0, 0.05) is 18.2 Å². The summed E-state index contributed by atoms with van der Waals surface area (Å²) >= 11 is 0. The molecule has 0 fully saturated rings. The Bertz CT molecular complexity index is 847. The predicted molar refractivity (Wildman–Crippen MR) is 87.6 cm³/mol. The van der Waals surface area contributed by atoms with E-state index in [1.54, 1.807) is 6.20 Å². The molecule has 1 aromatic carbocycles. The maximum absolute atomic E-state index is 12.0. The summed E-state index contributed by atoms with van der Waals surface area (Å²) < 4.78 is 0. The standard InChI is InChI=1S/C16H19N5O2.ClH/c17-16-20-14-13(15(23)21-16)11(9-19-14)8-18-7-6-12(22)10-4-2-1-3-5-10;/h1-5,9,12,18,22H,6-8H2,(H4,17,19,20,21,23);1H/t12-;/m0./s1. The van der Waals surface area contributed by atoms with Crippen LogP contribution in [0, 0.1) is 0 Å². The fraction of sp³-hybridized carbons (Fsp3) is 0.250. The summed E-state index contributed by atoms with van der Waals surface area (Å²) in [5.74, 6) is 0.103. The first kappa shape index (κ1) is 18.0. The van der Waals surface area contributed by atoms with Crippen LogP contribution in [0.1, 0.15) is 23.7 Å². The molecule has 0 unspecified atom stereocenters. The summed E-state index contributed by atoms with van der Waals surface area (Å²) in [6.45, 7) is 1.39. The molecule has 3 rings (SSSR count). The van der Waals surface area contributed by atoms with Crippen molar-refractivity contribution < 1.29 is 22.8 Å². The van der Waals surface area contributed by atoms with E-state index in [1.807, 2.05) is 30.3 Å². The number of rotatable bonds is 6. The van der Waals surface area contributed by atoms with Gasteiger partial charge in [0.2, 0.25) is 5.95 Å². The van der Waals surface area contributed by atoms with E-state index in [-0.39, 0.29) is 23.9 Å². The van der Waals surface area contributed by atoms with Crippen molar-refractivity contribution in [2.75, 3.05) is 12.3 Å². The van der Waals surface area contributed by atoms with Crippen molar-refractivity contribution in [3.63, 3.8) is 0 Å². The van der Waals surface area contributed by atoms with Crippen LogP contribution in [0.5, 0.6) is 0 Å². The number of benzene rings is 1. The lowest BCUT2D eigenvalue weighted by molar-refractivity contribution is -0.671. The molecule has 0 aliphatic heterocycles.